The molecule has 1 N–H and O–H groups in total. The van der Waals surface area contributed by atoms with Gasteiger partial charge in [0.25, 0.3) is 0 Å². The first kappa shape index (κ1) is 14.8. The number of aliphatic hydroxyl groups is 1. The van der Waals surface area contributed by atoms with Crippen molar-refractivity contribution in [3.8, 4) is 17.2 Å². The number of methoxy groups -OCH3 is 1. The molecule has 0 radical (unpaired) electrons. The molecule has 0 spiro atoms. The van der Waals surface area contributed by atoms with Crippen molar-refractivity contribution in [1.82, 2.24) is 0 Å². The van der Waals surface area contributed by atoms with Gasteiger partial charge in [0.05, 0.1) is 23.2 Å². The van der Waals surface area contributed by atoms with Gasteiger partial charge in [-0.15, -0.1) is 0 Å². The van der Waals surface area contributed by atoms with Crippen molar-refractivity contribution in [2.24, 2.45) is 0 Å². The lowest BCUT2D eigenvalue weighted by atomic mass is 10.1. The molecule has 0 fully saturated rings. The molecule has 2 rings (SSSR count). The molecule has 0 aliphatic heterocycles. The Morgan fingerprint density at radius 3 is 2.45 bits per heavy atom. The van der Waals surface area contributed by atoms with Gasteiger partial charge in [0.15, 0.2) is 0 Å². The van der Waals surface area contributed by atoms with E-state index in [1.54, 1.807) is 25.1 Å². The highest BCUT2D eigenvalue weighted by atomic mass is 79.9. The minimum absolute atomic E-state index is 0.356. The molecule has 0 aromatic heterocycles. The quantitative estimate of drug-likeness (QED) is 0.893. The normalized spacial score (nSPS) is 12.1. The summed E-state index contributed by atoms with van der Waals surface area (Å²) < 4.78 is 24.5. The van der Waals surface area contributed by atoms with Gasteiger partial charge in [-0.1, -0.05) is 6.07 Å². The van der Waals surface area contributed by atoms with E-state index in [1.165, 1.54) is 25.3 Å². The zero-order valence-electron chi connectivity index (χ0n) is 11.1. The average molecular weight is 341 g/mol. The maximum Gasteiger partial charge on any atom is 0.141 e. The fraction of sp³-hybridized carbons (Fsp3) is 0.200. The minimum atomic E-state index is -0.750. The van der Waals surface area contributed by atoms with E-state index < -0.39 is 6.10 Å². The maximum absolute atomic E-state index is 13.1. The van der Waals surface area contributed by atoms with Crippen LogP contribution < -0.4 is 9.47 Å². The van der Waals surface area contributed by atoms with Crippen LogP contribution >= 0.6 is 15.9 Å². The van der Waals surface area contributed by atoms with Gasteiger partial charge in [0, 0.05) is 0 Å². The summed E-state index contributed by atoms with van der Waals surface area (Å²) in [5.74, 6) is 1.11. The second-order valence-corrected chi connectivity index (χ2v) is 5.08. The van der Waals surface area contributed by atoms with Crippen LogP contribution in [0.3, 0.4) is 0 Å². The highest BCUT2D eigenvalue weighted by Gasteiger charge is 2.16. The number of hydrogen-bond acceptors (Lipinski definition) is 3. The van der Waals surface area contributed by atoms with Gasteiger partial charge < -0.3 is 14.6 Å². The van der Waals surface area contributed by atoms with Crippen molar-refractivity contribution in [3.05, 3.63) is 52.3 Å². The molecule has 0 aliphatic carbocycles. The van der Waals surface area contributed by atoms with E-state index in [1.807, 2.05) is 0 Å². The van der Waals surface area contributed by atoms with Crippen molar-refractivity contribution in [3.63, 3.8) is 0 Å². The first-order chi connectivity index (χ1) is 9.52. The summed E-state index contributed by atoms with van der Waals surface area (Å²) in [4.78, 5) is 0. The summed E-state index contributed by atoms with van der Waals surface area (Å²) >= 11 is 3.24. The lowest BCUT2D eigenvalue weighted by Crippen LogP contribution is -2.00. The van der Waals surface area contributed by atoms with Crippen LogP contribution in [0.5, 0.6) is 17.2 Å². The van der Waals surface area contributed by atoms with E-state index in [9.17, 15) is 9.50 Å². The second-order valence-electron chi connectivity index (χ2n) is 4.22. The topological polar surface area (TPSA) is 38.7 Å². The summed E-state index contributed by atoms with van der Waals surface area (Å²) in [5.41, 5.74) is 0.547. The fourth-order valence-electron chi connectivity index (χ4n) is 1.88. The van der Waals surface area contributed by atoms with Crippen molar-refractivity contribution in [2.45, 2.75) is 13.0 Å². The van der Waals surface area contributed by atoms with E-state index >= 15 is 0 Å². The molecule has 1 atom stereocenters. The predicted octanol–water partition coefficient (Wildman–Crippen LogP) is 4.44. The van der Waals surface area contributed by atoms with Crippen LogP contribution in [-0.4, -0.2) is 12.2 Å². The Morgan fingerprint density at radius 1 is 1.15 bits per heavy atom. The smallest absolute Gasteiger partial charge is 0.141 e. The average Bonchev–Trinajstić information content (AvgIpc) is 2.41. The van der Waals surface area contributed by atoms with Crippen LogP contribution in [0.4, 0.5) is 4.39 Å². The number of benzene rings is 2. The number of ether oxygens (including phenoxy) is 2. The minimum Gasteiger partial charge on any atom is -0.496 e. The lowest BCUT2D eigenvalue weighted by Gasteiger charge is -2.17. The van der Waals surface area contributed by atoms with Crippen LogP contribution in [0.1, 0.15) is 18.6 Å². The van der Waals surface area contributed by atoms with E-state index in [0.717, 1.165) is 0 Å². The Bertz CT molecular complexity index is 614. The van der Waals surface area contributed by atoms with Crippen LogP contribution in [0.2, 0.25) is 0 Å². The van der Waals surface area contributed by atoms with Gasteiger partial charge >= 0.3 is 0 Å². The van der Waals surface area contributed by atoms with Gasteiger partial charge in [-0.05, 0) is 53.2 Å². The summed E-state index contributed by atoms with van der Waals surface area (Å²) in [7, 11) is 1.53. The number of halogens is 2. The summed E-state index contributed by atoms with van der Waals surface area (Å²) in [6.45, 7) is 1.63. The van der Waals surface area contributed by atoms with Crippen LogP contribution in [0, 0.1) is 5.82 Å². The Kier molecular flexibility index (Phi) is 4.62. The third-order valence-corrected chi connectivity index (χ3v) is 3.40. The second kappa shape index (κ2) is 6.24. The van der Waals surface area contributed by atoms with Crippen LogP contribution in [0.25, 0.3) is 0 Å². The molecule has 106 valence electrons. The molecule has 5 heteroatoms. The van der Waals surface area contributed by atoms with Crippen LogP contribution in [-0.2, 0) is 0 Å². The highest BCUT2D eigenvalue weighted by molar-refractivity contribution is 9.10. The van der Waals surface area contributed by atoms with Crippen molar-refractivity contribution in [1.29, 1.82) is 0 Å². The van der Waals surface area contributed by atoms with Gasteiger partial charge in [-0.3, -0.25) is 0 Å². The molecular weight excluding hydrogens is 327 g/mol. The molecule has 2 aromatic rings. The van der Waals surface area contributed by atoms with Gasteiger partial charge in [0.1, 0.15) is 23.1 Å². The standard InChI is InChI=1S/C15H14BrFO3/c1-9(18)15-13(19-2)4-3-5-14(15)20-12-7-6-10(17)8-11(12)16/h3-9,18H,1-2H3/t9-/m1/s1. The van der Waals surface area contributed by atoms with Gasteiger partial charge in [-0.2, -0.15) is 0 Å². The summed E-state index contributed by atoms with van der Waals surface area (Å²) in [6, 6.07) is 9.37. The molecule has 20 heavy (non-hydrogen) atoms. The molecule has 2 aromatic carbocycles. The van der Waals surface area contributed by atoms with Crippen molar-refractivity contribution in [2.75, 3.05) is 7.11 Å². The molecular formula is C15H14BrFO3. The predicted molar refractivity (Wildman–Crippen MR) is 77.8 cm³/mol. The van der Waals surface area contributed by atoms with Gasteiger partial charge in [0.2, 0.25) is 0 Å². The number of rotatable bonds is 4. The van der Waals surface area contributed by atoms with E-state index in [-0.39, 0.29) is 5.82 Å². The van der Waals surface area contributed by atoms with E-state index in [4.69, 9.17) is 9.47 Å². The Hall–Kier alpha value is -1.59. The summed E-state index contributed by atoms with van der Waals surface area (Å²) in [5, 5.41) is 9.88. The third kappa shape index (κ3) is 3.11. The molecule has 0 unspecified atom stereocenters. The molecule has 0 saturated heterocycles. The molecule has 0 aliphatic rings. The molecule has 0 amide bonds. The summed E-state index contributed by atoms with van der Waals surface area (Å²) in [6.07, 6.45) is -0.750. The molecule has 0 saturated carbocycles. The molecule has 0 heterocycles. The van der Waals surface area contributed by atoms with Crippen molar-refractivity contribution >= 4 is 15.9 Å². The fourth-order valence-corrected chi connectivity index (χ4v) is 2.31. The maximum atomic E-state index is 13.1. The Balaban J connectivity index is 2.43. The lowest BCUT2D eigenvalue weighted by molar-refractivity contribution is 0.190. The molecule has 3 nitrogen and oxygen atoms in total. The monoisotopic (exact) mass is 340 g/mol. The zero-order chi connectivity index (χ0) is 14.7. The number of aliphatic hydroxyl groups excluding tert-OH is 1. The van der Waals surface area contributed by atoms with Gasteiger partial charge in [-0.25, -0.2) is 4.39 Å². The largest absolute Gasteiger partial charge is 0.496 e. The zero-order valence-corrected chi connectivity index (χ0v) is 12.6. The van der Waals surface area contributed by atoms with Crippen LogP contribution in [0.15, 0.2) is 40.9 Å². The molecule has 0 bridgehead atoms. The Labute approximate surface area is 125 Å². The number of hydrogen-bond donors (Lipinski definition) is 1. The highest BCUT2D eigenvalue weighted by Crippen LogP contribution is 2.38. The Morgan fingerprint density at radius 2 is 1.85 bits per heavy atom. The van der Waals surface area contributed by atoms with Crippen molar-refractivity contribution < 1.29 is 19.0 Å². The SMILES string of the molecule is COc1cccc(Oc2ccc(F)cc2Br)c1[C@@H](C)O. The third-order valence-electron chi connectivity index (χ3n) is 2.78. The first-order valence-electron chi connectivity index (χ1n) is 6.00. The van der Waals surface area contributed by atoms with E-state index in [0.29, 0.717) is 27.3 Å². The first-order valence-corrected chi connectivity index (χ1v) is 6.80. The van der Waals surface area contributed by atoms with E-state index in [2.05, 4.69) is 15.9 Å².